The van der Waals surface area contributed by atoms with E-state index in [1.807, 2.05) is 0 Å². The van der Waals surface area contributed by atoms with Crippen LogP contribution < -0.4 is 10.2 Å². The summed E-state index contributed by atoms with van der Waals surface area (Å²) < 4.78 is 11.7. The van der Waals surface area contributed by atoms with Crippen LogP contribution in [0, 0.1) is 0 Å². The third-order valence-electron chi connectivity index (χ3n) is 3.52. The average molecular weight is 343 g/mol. The monoisotopic (exact) mass is 342 g/mol. The molecule has 1 N–H and O–H groups in total. The number of ether oxygens (including phenoxy) is 2. The fourth-order valence-electron chi connectivity index (χ4n) is 2.46. The molecule has 1 saturated heterocycles. The molecule has 0 radical (unpaired) electrons. The smallest absolute Gasteiger partial charge is 0.0668 e. The molecule has 1 unspecified atom stereocenters. The van der Waals surface area contributed by atoms with Gasteiger partial charge in [0.1, 0.15) is 0 Å². The lowest BCUT2D eigenvalue weighted by molar-refractivity contribution is 0.0988. The van der Waals surface area contributed by atoms with Crippen molar-refractivity contribution >= 4 is 21.6 Å². The van der Waals surface area contributed by atoms with E-state index in [0.717, 1.165) is 43.9 Å². The van der Waals surface area contributed by atoms with Gasteiger partial charge in [-0.25, -0.2) is 0 Å². The van der Waals surface area contributed by atoms with Crippen molar-refractivity contribution in [1.82, 2.24) is 5.32 Å². The Balaban J connectivity index is 2.10. The summed E-state index contributed by atoms with van der Waals surface area (Å²) in [5.41, 5.74) is 2.61. The maximum Gasteiger partial charge on any atom is 0.0668 e. The second-order valence-electron chi connectivity index (χ2n) is 5.06. The predicted octanol–water partition coefficient (Wildman–Crippen LogP) is 2.41. The third-order valence-corrected chi connectivity index (χ3v) is 4.01. The van der Waals surface area contributed by atoms with E-state index in [4.69, 9.17) is 9.47 Å². The van der Waals surface area contributed by atoms with Crippen LogP contribution in [0.3, 0.4) is 0 Å². The highest BCUT2D eigenvalue weighted by Gasteiger charge is 2.21. The fourth-order valence-corrected chi connectivity index (χ4v) is 2.87. The lowest BCUT2D eigenvalue weighted by atomic mass is 10.1. The summed E-state index contributed by atoms with van der Waals surface area (Å²) in [7, 11) is 1.72. The summed E-state index contributed by atoms with van der Waals surface area (Å²) in [6.07, 6.45) is 0. The minimum Gasteiger partial charge on any atom is -0.383 e. The first kappa shape index (κ1) is 15.8. The molecule has 1 aromatic carbocycles. The highest BCUT2D eigenvalue weighted by Crippen LogP contribution is 2.27. The zero-order valence-corrected chi connectivity index (χ0v) is 13.8. The molecule has 5 heteroatoms. The van der Waals surface area contributed by atoms with E-state index < -0.39 is 0 Å². The number of anilines is 1. The SMILES string of the molecule is COCCNCc1cc(Br)ccc1N1CCOCC1C. The topological polar surface area (TPSA) is 33.7 Å². The van der Waals surface area contributed by atoms with Crippen LogP contribution in [0.15, 0.2) is 22.7 Å². The Morgan fingerprint density at radius 2 is 2.35 bits per heavy atom. The molecule has 20 heavy (non-hydrogen) atoms. The number of morpholine rings is 1. The number of nitrogens with one attached hydrogen (secondary N) is 1. The molecule has 1 aliphatic heterocycles. The summed E-state index contributed by atoms with van der Waals surface area (Å²) in [4.78, 5) is 2.43. The zero-order valence-electron chi connectivity index (χ0n) is 12.2. The number of hydrogen-bond acceptors (Lipinski definition) is 4. The van der Waals surface area contributed by atoms with Gasteiger partial charge in [-0.1, -0.05) is 15.9 Å². The first-order valence-corrected chi connectivity index (χ1v) is 7.84. The molecule has 0 aromatic heterocycles. The van der Waals surface area contributed by atoms with Gasteiger partial charge in [-0.2, -0.15) is 0 Å². The third kappa shape index (κ3) is 4.19. The lowest BCUT2D eigenvalue weighted by Crippen LogP contribution is -2.44. The van der Waals surface area contributed by atoms with Crippen LogP contribution in [-0.4, -0.2) is 46.1 Å². The standard InChI is InChI=1S/C15H23BrN2O2/c1-12-11-20-8-6-18(12)15-4-3-14(16)9-13(15)10-17-5-7-19-2/h3-4,9,12,17H,5-8,10-11H2,1-2H3. The lowest BCUT2D eigenvalue weighted by Gasteiger charge is -2.36. The maximum atomic E-state index is 5.53. The van der Waals surface area contributed by atoms with E-state index in [1.54, 1.807) is 7.11 Å². The van der Waals surface area contributed by atoms with Crippen LogP contribution in [0.2, 0.25) is 0 Å². The zero-order chi connectivity index (χ0) is 14.4. The first-order valence-electron chi connectivity index (χ1n) is 7.05. The molecule has 0 aliphatic carbocycles. The fraction of sp³-hybridized carbons (Fsp3) is 0.600. The Morgan fingerprint density at radius 3 is 3.10 bits per heavy atom. The number of halogens is 1. The van der Waals surface area contributed by atoms with Crippen molar-refractivity contribution in [3.05, 3.63) is 28.2 Å². The van der Waals surface area contributed by atoms with Crippen molar-refractivity contribution in [2.45, 2.75) is 19.5 Å². The van der Waals surface area contributed by atoms with E-state index in [0.29, 0.717) is 6.04 Å². The van der Waals surface area contributed by atoms with Gasteiger partial charge in [0.15, 0.2) is 0 Å². The van der Waals surface area contributed by atoms with Gasteiger partial charge in [-0.15, -0.1) is 0 Å². The normalized spacial score (nSPS) is 19.4. The molecule has 2 rings (SSSR count). The van der Waals surface area contributed by atoms with Crippen molar-refractivity contribution in [1.29, 1.82) is 0 Å². The van der Waals surface area contributed by atoms with E-state index in [1.165, 1.54) is 11.3 Å². The highest BCUT2D eigenvalue weighted by molar-refractivity contribution is 9.10. The van der Waals surface area contributed by atoms with Crippen LogP contribution >= 0.6 is 15.9 Å². The summed E-state index contributed by atoms with van der Waals surface area (Å²) in [6.45, 7) is 7.21. The Labute approximate surface area is 129 Å². The molecular weight excluding hydrogens is 320 g/mol. The van der Waals surface area contributed by atoms with Gasteiger partial charge in [-0.3, -0.25) is 0 Å². The number of hydrogen-bond donors (Lipinski definition) is 1. The molecule has 1 aromatic rings. The second-order valence-corrected chi connectivity index (χ2v) is 5.98. The largest absolute Gasteiger partial charge is 0.383 e. The molecule has 1 aliphatic rings. The van der Waals surface area contributed by atoms with Gasteiger partial charge in [0.2, 0.25) is 0 Å². The van der Waals surface area contributed by atoms with Crippen molar-refractivity contribution in [2.75, 3.05) is 44.9 Å². The summed E-state index contributed by atoms with van der Waals surface area (Å²) in [5, 5.41) is 3.42. The number of nitrogens with zero attached hydrogens (tertiary/aromatic N) is 1. The van der Waals surface area contributed by atoms with Gasteiger partial charge in [0, 0.05) is 42.9 Å². The number of rotatable bonds is 6. The van der Waals surface area contributed by atoms with Gasteiger partial charge in [0.05, 0.1) is 19.8 Å². The molecular formula is C15H23BrN2O2. The Hall–Kier alpha value is -0.620. The molecule has 1 fully saturated rings. The number of benzene rings is 1. The molecule has 1 atom stereocenters. The Bertz CT molecular complexity index is 428. The second kappa shape index (κ2) is 7.98. The van der Waals surface area contributed by atoms with Gasteiger partial charge in [-0.05, 0) is 30.7 Å². The van der Waals surface area contributed by atoms with Crippen LogP contribution in [0.25, 0.3) is 0 Å². The molecule has 0 bridgehead atoms. The maximum absolute atomic E-state index is 5.53. The van der Waals surface area contributed by atoms with Crippen LogP contribution in [-0.2, 0) is 16.0 Å². The van der Waals surface area contributed by atoms with Gasteiger partial charge in [0.25, 0.3) is 0 Å². The van der Waals surface area contributed by atoms with E-state index >= 15 is 0 Å². The molecule has 112 valence electrons. The minimum absolute atomic E-state index is 0.419. The summed E-state index contributed by atoms with van der Waals surface area (Å²) in [5.74, 6) is 0. The van der Waals surface area contributed by atoms with Gasteiger partial charge < -0.3 is 19.7 Å². The summed E-state index contributed by atoms with van der Waals surface area (Å²) in [6, 6.07) is 6.91. The predicted molar refractivity (Wildman–Crippen MR) is 85.4 cm³/mol. The quantitative estimate of drug-likeness (QED) is 0.805. The highest BCUT2D eigenvalue weighted by atomic mass is 79.9. The van der Waals surface area contributed by atoms with Crippen LogP contribution in [0.1, 0.15) is 12.5 Å². The summed E-state index contributed by atoms with van der Waals surface area (Å²) >= 11 is 3.56. The molecule has 0 amide bonds. The van der Waals surface area contributed by atoms with Crippen LogP contribution in [0.5, 0.6) is 0 Å². The average Bonchev–Trinajstić information content (AvgIpc) is 2.45. The van der Waals surface area contributed by atoms with E-state index in [-0.39, 0.29) is 0 Å². The van der Waals surface area contributed by atoms with Crippen molar-refractivity contribution < 1.29 is 9.47 Å². The minimum atomic E-state index is 0.419. The molecule has 0 spiro atoms. The van der Waals surface area contributed by atoms with Crippen molar-refractivity contribution in [3.8, 4) is 0 Å². The Morgan fingerprint density at radius 1 is 1.50 bits per heavy atom. The van der Waals surface area contributed by atoms with E-state index in [2.05, 4.69) is 51.3 Å². The molecule has 0 saturated carbocycles. The molecule has 1 heterocycles. The Kier molecular flexibility index (Phi) is 6.29. The van der Waals surface area contributed by atoms with Crippen molar-refractivity contribution in [2.24, 2.45) is 0 Å². The first-order chi connectivity index (χ1) is 9.72. The molecule has 4 nitrogen and oxygen atoms in total. The van der Waals surface area contributed by atoms with Gasteiger partial charge >= 0.3 is 0 Å². The number of methoxy groups -OCH3 is 1. The van der Waals surface area contributed by atoms with E-state index in [9.17, 15) is 0 Å². The van der Waals surface area contributed by atoms with Crippen LogP contribution in [0.4, 0.5) is 5.69 Å². The van der Waals surface area contributed by atoms with Crippen molar-refractivity contribution in [3.63, 3.8) is 0 Å².